The first-order valence-corrected chi connectivity index (χ1v) is 6.39. The van der Waals surface area contributed by atoms with Crippen molar-refractivity contribution in [3.8, 4) is 5.75 Å². The fourth-order valence-electron chi connectivity index (χ4n) is 2.04. The predicted octanol–water partition coefficient (Wildman–Crippen LogP) is 3.46. The normalized spacial score (nSPS) is 10.2. The monoisotopic (exact) mass is 268 g/mol. The van der Waals surface area contributed by atoms with Gasteiger partial charge in [0.05, 0.1) is 5.56 Å². The molecule has 0 saturated carbocycles. The molecule has 0 heterocycles. The largest absolute Gasteiger partial charge is 0.426 e. The Balaban J connectivity index is 2.48. The summed E-state index contributed by atoms with van der Waals surface area (Å²) in [4.78, 5) is 23.7. The summed E-state index contributed by atoms with van der Waals surface area (Å²) < 4.78 is 5.10. The molecule has 3 heteroatoms. The second-order valence-electron chi connectivity index (χ2n) is 4.67. The zero-order chi connectivity index (χ0) is 14.7. The lowest BCUT2D eigenvalue weighted by Gasteiger charge is -2.10. The topological polar surface area (TPSA) is 43.4 Å². The average Bonchev–Trinajstić information content (AvgIpc) is 2.41. The van der Waals surface area contributed by atoms with Crippen LogP contribution in [-0.4, -0.2) is 11.8 Å². The molecule has 0 unspecified atom stereocenters. The van der Waals surface area contributed by atoms with Crippen molar-refractivity contribution in [2.45, 2.75) is 20.8 Å². The zero-order valence-electron chi connectivity index (χ0n) is 11.8. The summed E-state index contributed by atoms with van der Waals surface area (Å²) in [6.07, 6.45) is 0. The minimum Gasteiger partial charge on any atom is -0.426 e. The molecule has 0 bridgehead atoms. The molecule has 2 aromatic carbocycles. The number of benzene rings is 2. The molecule has 20 heavy (non-hydrogen) atoms. The van der Waals surface area contributed by atoms with Gasteiger partial charge < -0.3 is 4.74 Å². The Morgan fingerprint density at radius 3 is 2.25 bits per heavy atom. The first kappa shape index (κ1) is 14.0. The van der Waals surface area contributed by atoms with Crippen LogP contribution in [0.2, 0.25) is 0 Å². The number of para-hydroxylation sites is 1. The molecule has 0 aliphatic heterocycles. The number of carbonyl (C=O) groups excluding carboxylic acids is 2. The molecule has 0 aliphatic rings. The van der Waals surface area contributed by atoms with Crippen LogP contribution in [0.3, 0.4) is 0 Å². The van der Waals surface area contributed by atoms with Gasteiger partial charge in [0.1, 0.15) is 5.75 Å². The van der Waals surface area contributed by atoms with E-state index in [1.807, 2.05) is 26.0 Å². The van der Waals surface area contributed by atoms with Crippen molar-refractivity contribution in [1.82, 2.24) is 0 Å². The third-order valence-electron chi connectivity index (χ3n) is 3.23. The lowest BCUT2D eigenvalue weighted by molar-refractivity contribution is -0.131. The smallest absolute Gasteiger partial charge is 0.308 e. The quantitative estimate of drug-likeness (QED) is 0.486. The molecule has 0 spiro atoms. The highest BCUT2D eigenvalue weighted by Gasteiger charge is 2.17. The van der Waals surface area contributed by atoms with Gasteiger partial charge in [-0.05, 0) is 37.1 Å². The van der Waals surface area contributed by atoms with Gasteiger partial charge in [0.2, 0.25) is 0 Å². The first-order chi connectivity index (χ1) is 9.50. The van der Waals surface area contributed by atoms with E-state index >= 15 is 0 Å². The van der Waals surface area contributed by atoms with Gasteiger partial charge in [0.25, 0.3) is 0 Å². The van der Waals surface area contributed by atoms with Crippen molar-refractivity contribution in [1.29, 1.82) is 0 Å². The molecule has 3 nitrogen and oxygen atoms in total. The van der Waals surface area contributed by atoms with Gasteiger partial charge in [-0.25, -0.2) is 0 Å². The van der Waals surface area contributed by atoms with Crippen molar-refractivity contribution in [2.75, 3.05) is 0 Å². The molecule has 0 aromatic heterocycles. The van der Waals surface area contributed by atoms with Crippen LogP contribution in [0.15, 0.2) is 42.5 Å². The number of ether oxygens (including phenoxy) is 1. The molecule has 0 radical (unpaired) electrons. The maximum absolute atomic E-state index is 12.6. The molecule has 0 N–H and O–H groups in total. The van der Waals surface area contributed by atoms with Gasteiger partial charge in [0, 0.05) is 12.5 Å². The Kier molecular flexibility index (Phi) is 3.99. The minimum absolute atomic E-state index is 0.136. The first-order valence-electron chi connectivity index (χ1n) is 6.39. The highest BCUT2D eigenvalue weighted by atomic mass is 16.5. The van der Waals surface area contributed by atoms with E-state index in [0.29, 0.717) is 16.9 Å². The molecular weight excluding hydrogens is 252 g/mol. The van der Waals surface area contributed by atoms with Crippen molar-refractivity contribution >= 4 is 11.8 Å². The van der Waals surface area contributed by atoms with E-state index in [1.54, 1.807) is 30.3 Å². The number of hydrogen-bond acceptors (Lipinski definition) is 3. The van der Waals surface area contributed by atoms with Crippen LogP contribution in [0.5, 0.6) is 5.75 Å². The molecule has 0 fully saturated rings. The van der Waals surface area contributed by atoms with Crippen LogP contribution in [0.4, 0.5) is 0 Å². The van der Waals surface area contributed by atoms with Crippen molar-refractivity contribution in [2.24, 2.45) is 0 Å². The van der Waals surface area contributed by atoms with Crippen LogP contribution in [0.25, 0.3) is 0 Å². The molecule has 0 atom stereocenters. The molecule has 0 aliphatic carbocycles. The van der Waals surface area contributed by atoms with Crippen molar-refractivity contribution < 1.29 is 14.3 Å². The van der Waals surface area contributed by atoms with Gasteiger partial charge in [-0.1, -0.05) is 30.3 Å². The second-order valence-corrected chi connectivity index (χ2v) is 4.67. The summed E-state index contributed by atoms with van der Waals surface area (Å²) in [5.74, 6) is -0.278. The number of carbonyl (C=O) groups is 2. The summed E-state index contributed by atoms with van der Waals surface area (Å²) in [6, 6.07) is 12.4. The van der Waals surface area contributed by atoms with Crippen LogP contribution in [-0.2, 0) is 4.79 Å². The fourth-order valence-corrected chi connectivity index (χ4v) is 2.04. The van der Waals surface area contributed by atoms with Crippen LogP contribution >= 0.6 is 0 Å². The summed E-state index contributed by atoms with van der Waals surface area (Å²) in [7, 11) is 0. The Morgan fingerprint density at radius 2 is 1.55 bits per heavy atom. The molecule has 0 amide bonds. The number of esters is 1. The third-order valence-corrected chi connectivity index (χ3v) is 3.23. The van der Waals surface area contributed by atoms with E-state index in [1.165, 1.54) is 6.92 Å². The summed E-state index contributed by atoms with van der Waals surface area (Å²) in [6.45, 7) is 5.19. The van der Waals surface area contributed by atoms with Crippen molar-refractivity contribution in [3.05, 3.63) is 64.7 Å². The molecule has 2 rings (SSSR count). The number of ketones is 1. The van der Waals surface area contributed by atoms with Gasteiger partial charge in [-0.2, -0.15) is 0 Å². The Bertz CT molecular complexity index is 672. The SMILES string of the molecule is CC(=O)Oc1ccccc1C(=O)c1cccc(C)c1C. The third kappa shape index (κ3) is 2.77. The molecular formula is C17H16O3. The Hall–Kier alpha value is -2.42. The second kappa shape index (κ2) is 5.70. The number of rotatable bonds is 3. The predicted molar refractivity (Wildman–Crippen MR) is 77.1 cm³/mol. The Labute approximate surface area is 118 Å². The summed E-state index contributed by atoms with van der Waals surface area (Å²) >= 11 is 0. The van der Waals surface area contributed by atoms with Gasteiger partial charge >= 0.3 is 5.97 Å². The van der Waals surface area contributed by atoms with E-state index in [2.05, 4.69) is 0 Å². The maximum atomic E-state index is 12.6. The standard InChI is InChI=1S/C17H16O3/c1-11-7-6-9-14(12(11)2)17(19)15-8-4-5-10-16(15)20-13(3)18/h4-10H,1-3H3. The van der Waals surface area contributed by atoms with Gasteiger partial charge in [-0.15, -0.1) is 0 Å². The van der Waals surface area contributed by atoms with E-state index in [9.17, 15) is 9.59 Å². The molecule has 102 valence electrons. The lowest BCUT2D eigenvalue weighted by Crippen LogP contribution is -2.10. The van der Waals surface area contributed by atoms with E-state index in [0.717, 1.165) is 11.1 Å². The van der Waals surface area contributed by atoms with E-state index < -0.39 is 5.97 Å². The van der Waals surface area contributed by atoms with Gasteiger partial charge in [-0.3, -0.25) is 9.59 Å². The van der Waals surface area contributed by atoms with Crippen LogP contribution in [0, 0.1) is 13.8 Å². The number of aryl methyl sites for hydroxylation is 1. The molecule has 0 saturated heterocycles. The van der Waals surface area contributed by atoms with Crippen LogP contribution in [0.1, 0.15) is 34.0 Å². The number of hydrogen-bond donors (Lipinski definition) is 0. The zero-order valence-corrected chi connectivity index (χ0v) is 11.8. The maximum Gasteiger partial charge on any atom is 0.308 e. The van der Waals surface area contributed by atoms with Crippen molar-refractivity contribution in [3.63, 3.8) is 0 Å². The Morgan fingerprint density at radius 1 is 0.900 bits per heavy atom. The minimum atomic E-state index is -0.439. The lowest BCUT2D eigenvalue weighted by atomic mass is 9.96. The molecule has 2 aromatic rings. The van der Waals surface area contributed by atoms with E-state index in [4.69, 9.17) is 4.74 Å². The average molecular weight is 268 g/mol. The fraction of sp³-hybridized carbons (Fsp3) is 0.176. The van der Waals surface area contributed by atoms with E-state index in [-0.39, 0.29) is 5.78 Å². The van der Waals surface area contributed by atoms with Crippen LogP contribution < -0.4 is 4.74 Å². The van der Waals surface area contributed by atoms with Gasteiger partial charge in [0.15, 0.2) is 5.78 Å². The highest BCUT2D eigenvalue weighted by molar-refractivity contribution is 6.11. The highest BCUT2D eigenvalue weighted by Crippen LogP contribution is 2.24. The summed E-state index contributed by atoms with van der Waals surface area (Å²) in [5.41, 5.74) is 3.02. The summed E-state index contributed by atoms with van der Waals surface area (Å²) in [5, 5.41) is 0.